The van der Waals surface area contributed by atoms with Crippen molar-refractivity contribution < 1.29 is 27.2 Å². The molecule has 0 aliphatic carbocycles. The normalized spacial score (nSPS) is 15.6. The largest absolute Gasteiger partial charge is 0.472 e. The van der Waals surface area contributed by atoms with Crippen molar-refractivity contribution in [1.82, 2.24) is 10.1 Å². The van der Waals surface area contributed by atoms with E-state index < -0.39 is 10.0 Å². The van der Waals surface area contributed by atoms with Crippen LogP contribution in [0.5, 0.6) is 0 Å². The number of nitrogens with zero attached hydrogens (tertiary/aromatic N) is 3. The van der Waals surface area contributed by atoms with Crippen LogP contribution in [0.4, 0.5) is 5.88 Å². The molecule has 0 saturated heterocycles. The van der Waals surface area contributed by atoms with E-state index in [4.69, 9.17) is 18.7 Å². The summed E-state index contributed by atoms with van der Waals surface area (Å²) in [6.07, 6.45) is 3.39. The van der Waals surface area contributed by atoms with E-state index in [1.165, 1.54) is 0 Å². The Kier molecular flexibility index (Phi) is 8.15. The third-order valence-corrected chi connectivity index (χ3v) is 8.18. The first-order chi connectivity index (χ1) is 18.1. The van der Waals surface area contributed by atoms with Gasteiger partial charge in [-0.1, -0.05) is 47.6 Å². The topological polar surface area (TPSA) is 94.3 Å². The summed E-state index contributed by atoms with van der Waals surface area (Å²) in [4.78, 5) is 2.27. The second kappa shape index (κ2) is 11.2. The van der Waals surface area contributed by atoms with Gasteiger partial charge in [-0.2, -0.15) is 0 Å². The molecule has 3 aromatic rings. The lowest BCUT2D eigenvalue weighted by Crippen LogP contribution is -2.38. The molecule has 0 fully saturated rings. The smallest absolute Gasteiger partial charge is 0.269 e. The minimum Gasteiger partial charge on any atom is -0.472 e. The predicted molar refractivity (Wildman–Crippen MR) is 145 cm³/mol. The first-order valence-electron chi connectivity index (χ1n) is 12.4. The number of aryl methyl sites for hydroxylation is 1. The van der Waals surface area contributed by atoms with E-state index in [-0.39, 0.29) is 35.9 Å². The standard InChI is InChI=1S/C28H35N3O6S/c1-20-21(2)29-37-26(20)31(19-35-18-17-34-6)38(32,33)25-10-8-7-9-24(25)22-11-13-23(14-12-22)27-30(15-16-36-27)28(3,4)5/h7-16,27H,17-19H2,1-6H3. The summed E-state index contributed by atoms with van der Waals surface area (Å²) in [6.45, 7) is 10.2. The van der Waals surface area contributed by atoms with Gasteiger partial charge in [-0.05, 0) is 46.2 Å². The molecule has 1 atom stereocenters. The molecule has 0 bridgehead atoms. The van der Waals surface area contributed by atoms with Gasteiger partial charge in [-0.3, -0.25) is 0 Å². The van der Waals surface area contributed by atoms with Gasteiger partial charge in [0, 0.05) is 35.5 Å². The minimum absolute atomic E-state index is 0.122. The Morgan fingerprint density at radius 3 is 2.39 bits per heavy atom. The molecular weight excluding hydrogens is 506 g/mol. The Labute approximate surface area is 224 Å². The van der Waals surface area contributed by atoms with Crippen LogP contribution in [-0.4, -0.2) is 51.1 Å². The SMILES string of the molecule is COCCOCN(c1onc(C)c1C)S(=O)(=O)c1ccccc1-c1ccc(C2OC=CN2C(C)(C)C)cc1. The number of anilines is 1. The van der Waals surface area contributed by atoms with Gasteiger partial charge < -0.3 is 23.6 Å². The molecule has 9 nitrogen and oxygen atoms in total. The van der Waals surface area contributed by atoms with E-state index in [2.05, 4.69) is 30.8 Å². The molecule has 10 heteroatoms. The van der Waals surface area contributed by atoms with Crippen molar-refractivity contribution in [3.05, 3.63) is 77.8 Å². The molecule has 1 aromatic heterocycles. The number of aromatic nitrogens is 1. The summed E-state index contributed by atoms with van der Waals surface area (Å²) in [7, 11) is -2.54. The minimum atomic E-state index is -4.09. The van der Waals surface area contributed by atoms with Crippen molar-refractivity contribution in [2.75, 3.05) is 31.4 Å². The number of hydrogen-bond acceptors (Lipinski definition) is 8. The van der Waals surface area contributed by atoms with Crippen LogP contribution >= 0.6 is 0 Å². The van der Waals surface area contributed by atoms with Crippen LogP contribution in [0.25, 0.3) is 11.1 Å². The Morgan fingerprint density at radius 1 is 1.05 bits per heavy atom. The van der Waals surface area contributed by atoms with Crippen LogP contribution in [-0.2, 0) is 24.2 Å². The van der Waals surface area contributed by atoms with Gasteiger partial charge in [0.25, 0.3) is 10.0 Å². The average Bonchev–Trinajstić information content (AvgIpc) is 3.52. The van der Waals surface area contributed by atoms with Gasteiger partial charge in [0.15, 0.2) is 6.23 Å². The molecule has 0 saturated carbocycles. The molecule has 0 amide bonds. The fourth-order valence-corrected chi connectivity index (χ4v) is 5.73. The van der Waals surface area contributed by atoms with Crippen LogP contribution in [0.1, 0.15) is 43.8 Å². The Morgan fingerprint density at radius 2 is 1.76 bits per heavy atom. The van der Waals surface area contributed by atoms with Gasteiger partial charge in [0.1, 0.15) is 13.0 Å². The van der Waals surface area contributed by atoms with Crippen molar-refractivity contribution in [3.63, 3.8) is 0 Å². The zero-order valence-corrected chi connectivity index (χ0v) is 23.5. The van der Waals surface area contributed by atoms with E-state index in [0.29, 0.717) is 23.4 Å². The van der Waals surface area contributed by atoms with Crippen LogP contribution < -0.4 is 4.31 Å². The molecule has 0 radical (unpaired) electrons. The van der Waals surface area contributed by atoms with E-state index >= 15 is 0 Å². The van der Waals surface area contributed by atoms with Crippen molar-refractivity contribution >= 4 is 15.9 Å². The number of methoxy groups -OCH3 is 1. The highest BCUT2D eigenvalue weighted by Crippen LogP contribution is 2.37. The summed E-state index contributed by atoms with van der Waals surface area (Å²) in [6, 6.07) is 14.6. The first-order valence-corrected chi connectivity index (χ1v) is 13.8. The van der Waals surface area contributed by atoms with Crippen LogP contribution in [0.3, 0.4) is 0 Å². The van der Waals surface area contributed by atoms with Crippen molar-refractivity contribution in [3.8, 4) is 11.1 Å². The predicted octanol–water partition coefficient (Wildman–Crippen LogP) is 5.37. The van der Waals surface area contributed by atoms with Gasteiger partial charge >= 0.3 is 0 Å². The number of sulfonamides is 1. The van der Waals surface area contributed by atoms with Gasteiger partial charge in [0.2, 0.25) is 5.88 Å². The number of ether oxygens (including phenoxy) is 3. The van der Waals surface area contributed by atoms with Gasteiger partial charge in [-0.25, -0.2) is 12.7 Å². The number of hydrogen-bond donors (Lipinski definition) is 0. The molecule has 2 heterocycles. The second-order valence-corrected chi connectivity index (χ2v) is 11.9. The number of benzene rings is 2. The highest BCUT2D eigenvalue weighted by molar-refractivity contribution is 7.93. The average molecular weight is 542 g/mol. The molecule has 1 aliphatic heterocycles. The maximum atomic E-state index is 14.1. The van der Waals surface area contributed by atoms with Crippen LogP contribution in [0.15, 0.2) is 70.4 Å². The zero-order chi connectivity index (χ0) is 27.5. The van der Waals surface area contributed by atoms with Crippen molar-refractivity contribution in [1.29, 1.82) is 0 Å². The molecule has 204 valence electrons. The Balaban J connectivity index is 1.69. The van der Waals surface area contributed by atoms with Crippen LogP contribution in [0, 0.1) is 13.8 Å². The molecular formula is C28H35N3O6S. The molecule has 38 heavy (non-hydrogen) atoms. The molecule has 4 rings (SSSR count). The quantitative estimate of drug-likeness (QED) is 0.250. The van der Waals surface area contributed by atoms with E-state index in [1.807, 2.05) is 36.5 Å². The monoisotopic (exact) mass is 541 g/mol. The van der Waals surface area contributed by atoms with E-state index in [0.717, 1.165) is 15.4 Å². The van der Waals surface area contributed by atoms with Gasteiger partial charge in [0.05, 0.1) is 23.8 Å². The lowest BCUT2D eigenvalue weighted by atomic mass is 10.0. The number of rotatable bonds is 10. The molecule has 1 aliphatic rings. The Bertz CT molecular complexity index is 1380. The lowest BCUT2D eigenvalue weighted by molar-refractivity contribution is 0.00659. The van der Waals surface area contributed by atoms with Gasteiger partial charge in [-0.15, -0.1) is 0 Å². The summed E-state index contributed by atoms with van der Waals surface area (Å²) in [5, 5.41) is 3.96. The molecule has 0 N–H and O–H groups in total. The molecule has 2 aromatic carbocycles. The van der Waals surface area contributed by atoms with E-state index in [9.17, 15) is 8.42 Å². The highest BCUT2D eigenvalue weighted by atomic mass is 32.2. The summed E-state index contributed by atoms with van der Waals surface area (Å²) < 4.78 is 51.2. The lowest BCUT2D eigenvalue weighted by Gasteiger charge is -2.36. The highest BCUT2D eigenvalue weighted by Gasteiger charge is 2.33. The first kappa shape index (κ1) is 27.7. The third-order valence-electron chi connectivity index (χ3n) is 6.42. The summed E-state index contributed by atoms with van der Waals surface area (Å²) in [5.74, 6) is 0.123. The maximum absolute atomic E-state index is 14.1. The Hall–Kier alpha value is -3.34. The second-order valence-electron chi connectivity index (χ2n) is 10.1. The third kappa shape index (κ3) is 5.57. The van der Waals surface area contributed by atoms with E-state index in [1.54, 1.807) is 45.4 Å². The van der Waals surface area contributed by atoms with Crippen molar-refractivity contribution in [2.45, 2.75) is 51.3 Å². The fourth-order valence-electron chi connectivity index (χ4n) is 4.17. The molecule has 0 spiro atoms. The fraction of sp³-hybridized carbons (Fsp3) is 0.393. The molecule has 1 unspecified atom stereocenters. The maximum Gasteiger partial charge on any atom is 0.269 e. The zero-order valence-electron chi connectivity index (χ0n) is 22.7. The summed E-state index contributed by atoms with van der Waals surface area (Å²) >= 11 is 0. The van der Waals surface area contributed by atoms with Crippen molar-refractivity contribution in [2.24, 2.45) is 0 Å². The summed E-state index contributed by atoms with van der Waals surface area (Å²) in [5.41, 5.74) is 3.39. The van der Waals surface area contributed by atoms with Crippen LogP contribution in [0.2, 0.25) is 0 Å².